The Kier molecular flexibility index (Phi) is 6.73. The van der Waals surface area contributed by atoms with E-state index in [1.807, 2.05) is 43.3 Å². The third-order valence-corrected chi connectivity index (χ3v) is 6.49. The van der Waals surface area contributed by atoms with Crippen LogP contribution < -0.4 is 10.1 Å². The second kappa shape index (κ2) is 9.24. The molecule has 0 fully saturated rings. The molecule has 6 heteroatoms. The van der Waals surface area contributed by atoms with E-state index in [-0.39, 0.29) is 5.75 Å². The standard InChI is InChI=1S/C22H27NO4S/c1-2-3-4-13-28(25,26)16-22(24)23-15-17-5-7-18(8-6-17)19-9-10-21-20(14-19)11-12-27-21/h5-10,14H,2-4,11-13,15-16H2,1H3,(H,23,24). The van der Waals surface area contributed by atoms with E-state index >= 15 is 0 Å². The second-order valence-corrected chi connectivity index (χ2v) is 9.38. The van der Waals surface area contributed by atoms with Gasteiger partial charge in [-0.1, -0.05) is 50.1 Å². The third kappa shape index (κ3) is 5.58. The highest BCUT2D eigenvalue weighted by atomic mass is 32.2. The van der Waals surface area contributed by atoms with Crippen molar-refractivity contribution in [2.75, 3.05) is 18.1 Å². The number of nitrogens with one attached hydrogen (secondary N) is 1. The molecule has 0 aliphatic carbocycles. The number of rotatable bonds is 9. The topological polar surface area (TPSA) is 72.5 Å². The summed E-state index contributed by atoms with van der Waals surface area (Å²) in [4.78, 5) is 12.0. The maximum Gasteiger partial charge on any atom is 0.235 e. The molecule has 0 spiro atoms. The van der Waals surface area contributed by atoms with Crippen molar-refractivity contribution in [1.82, 2.24) is 5.32 Å². The Morgan fingerprint density at radius 3 is 2.57 bits per heavy atom. The smallest absolute Gasteiger partial charge is 0.235 e. The lowest BCUT2D eigenvalue weighted by molar-refractivity contribution is -0.118. The Bertz CT molecular complexity index is 920. The summed E-state index contributed by atoms with van der Waals surface area (Å²) in [6, 6.07) is 14.1. The molecule has 0 saturated heterocycles. The summed E-state index contributed by atoms with van der Waals surface area (Å²) in [5, 5.41) is 2.70. The summed E-state index contributed by atoms with van der Waals surface area (Å²) in [7, 11) is -3.33. The molecule has 1 aliphatic rings. The van der Waals surface area contributed by atoms with Gasteiger partial charge in [0.15, 0.2) is 9.84 Å². The van der Waals surface area contributed by atoms with Crippen LogP contribution in [0, 0.1) is 0 Å². The highest BCUT2D eigenvalue weighted by molar-refractivity contribution is 7.92. The lowest BCUT2D eigenvalue weighted by Gasteiger charge is -2.08. The van der Waals surface area contributed by atoms with Crippen molar-refractivity contribution in [1.29, 1.82) is 0 Å². The van der Waals surface area contributed by atoms with Gasteiger partial charge in [-0.25, -0.2) is 8.42 Å². The molecule has 1 N–H and O–H groups in total. The molecular weight excluding hydrogens is 374 g/mol. The predicted octanol–water partition coefficient (Wildman–Crippen LogP) is 3.51. The normalized spacial score (nSPS) is 13.0. The number of carbonyl (C=O) groups is 1. The van der Waals surface area contributed by atoms with E-state index in [4.69, 9.17) is 4.74 Å². The van der Waals surface area contributed by atoms with E-state index in [1.54, 1.807) is 0 Å². The number of fused-ring (bicyclic) bond motifs is 1. The van der Waals surface area contributed by atoms with Gasteiger partial charge in [0, 0.05) is 13.0 Å². The molecule has 1 amide bonds. The van der Waals surface area contributed by atoms with Gasteiger partial charge in [-0.15, -0.1) is 0 Å². The number of carbonyl (C=O) groups excluding carboxylic acids is 1. The number of unbranched alkanes of at least 4 members (excludes halogenated alkanes) is 2. The summed E-state index contributed by atoms with van der Waals surface area (Å²) in [6.07, 6.45) is 3.37. The zero-order chi connectivity index (χ0) is 20.0. The first-order chi connectivity index (χ1) is 13.5. The van der Waals surface area contributed by atoms with Crippen molar-refractivity contribution in [3.8, 4) is 16.9 Å². The second-order valence-electron chi connectivity index (χ2n) is 7.19. The molecule has 1 heterocycles. The van der Waals surface area contributed by atoms with Gasteiger partial charge in [-0.3, -0.25) is 4.79 Å². The molecule has 0 unspecified atom stereocenters. The number of hydrogen-bond donors (Lipinski definition) is 1. The van der Waals surface area contributed by atoms with E-state index < -0.39 is 21.5 Å². The maximum atomic E-state index is 12.0. The molecule has 28 heavy (non-hydrogen) atoms. The summed E-state index contributed by atoms with van der Waals surface area (Å²) in [6.45, 7) is 3.08. The van der Waals surface area contributed by atoms with Gasteiger partial charge < -0.3 is 10.1 Å². The molecule has 2 aromatic carbocycles. The molecule has 0 radical (unpaired) electrons. The van der Waals surface area contributed by atoms with Crippen LogP contribution in [0.15, 0.2) is 42.5 Å². The molecular formula is C22H27NO4S. The largest absolute Gasteiger partial charge is 0.493 e. The monoisotopic (exact) mass is 401 g/mol. The maximum absolute atomic E-state index is 12.0. The van der Waals surface area contributed by atoms with Crippen LogP contribution in [0.4, 0.5) is 0 Å². The lowest BCUT2D eigenvalue weighted by Crippen LogP contribution is -2.30. The quantitative estimate of drug-likeness (QED) is 0.653. The summed E-state index contributed by atoms with van der Waals surface area (Å²) in [5.74, 6) is 0.160. The molecule has 1 aliphatic heterocycles. The van der Waals surface area contributed by atoms with Gasteiger partial charge in [-0.2, -0.15) is 0 Å². The van der Waals surface area contributed by atoms with Crippen molar-refractivity contribution in [3.05, 3.63) is 53.6 Å². The number of amides is 1. The Hall–Kier alpha value is -2.34. The van der Waals surface area contributed by atoms with Crippen molar-refractivity contribution >= 4 is 15.7 Å². The minimum atomic E-state index is -3.33. The van der Waals surface area contributed by atoms with Crippen LogP contribution in [0.25, 0.3) is 11.1 Å². The van der Waals surface area contributed by atoms with Crippen LogP contribution in [0.5, 0.6) is 5.75 Å². The minimum absolute atomic E-state index is 0.0781. The summed E-state index contributed by atoms with van der Waals surface area (Å²) >= 11 is 0. The third-order valence-electron chi connectivity index (χ3n) is 4.88. The van der Waals surface area contributed by atoms with Gasteiger partial charge in [0.2, 0.25) is 5.91 Å². The van der Waals surface area contributed by atoms with E-state index in [2.05, 4.69) is 11.4 Å². The molecule has 0 atom stereocenters. The molecule has 150 valence electrons. The number of hydrogen-bond acceptors (Lipinski definition) is 4. The lowest BCUT2D eigenvalue weighted by atomic mass is 10.0. The Morgan fingerprint density at radius 1 is 1.07 bits per heavy atom. The molecule has 0 saturated carbocycles. The van der Waals surface area contributed by atoms with Gasteiger partial charge in [0.25, 0.3) is 0 Å². The van der Waals surface area contributed by atoms with E-state index in [0.29, 0.717) is 13.0 Å². The number of benzene rings is 2. The SMILES string of the molecule is CCCCCS(=O)(=O)CC(=O)NCc1ccc(-c2ccc3c(c2)CCO3)cc1. The minimum Gasteiger partial charge on any atom is -0.493 e. The van der Waals surface area contributed by atoms with Crippen LogP contribution in [-0.2, 0) is 27.6 Å². The van der Waals surface area contributed by atoms with E-state index in [0.717, 1.165) is 48.3 Å². The molecule has 2 aromatic rings. The molecule has 5 nitrogen and oxygen atoms in total. The highest BCUT2D eigenvalue weighted by Gasteiger charge is 2.16. The zero-order valence-corrected chi connectivity index (χ0v) is 17.1. The zero-order valence-electron chi connectivity index (χ0n) is 16.2. The summed E-state index contributed by atoms with van der Waals surface area (Å²) < 4.78 is 29.4. The Morgan fingerprint density at radius 2 is 1.82 bits per heavy atom. The van der Waals surface area contributed by atoms with E-state index in [9.17, 15) is 13.2 Å². The van der Waals surface area contributed by atoms with Crippen molar-refractivity contribution in [3.63, 3.8) is 0 Å². The molecule has 0 aromatic heterocycles. The fourth-order valence-corrected chi connectivity index (χ4v) is 4.57. The van der Waals surface area contributed by atoms with Gasteiger partial charge in [0.1, 0.15) is 11.5 Å². The fraction of sp³-hybridized carbons (Fsp3) is 0.409. The average molecular weight is 402 g/mol. The van der Waals surface area contributed by atoms with Crippen molar-refractivity contribution < 1.29 is 17.9 Å². The molecule has 0 bridgehead atoms. The Balaban J connectivity index is 1.52. The first-order valence-electron chi connectivity index (χ1n) is 9.79. The van der Waals surface area contributed by atoms with Crippen LogP contribution in [0.3, 0.4) is 0 Å². The average Bonchev–Trinajstić information content (AvgIpc) is 3.14. The predicted molar refractivity (Wildman–Crippen MR) is 111 cm³/mol. The Labute approximate surface area is 167 Å². The summed E-state index contributed by atoms with van der Waals surface area (Å²) in [5.41, 5.74) is 4.40. The van der Waals surface area contributed by atoms with Gasteiger partial charge >= 0.3 is 0 Å². The van der Waals surface area contributed by atoms with Crippen molar-refractivity contribution in [2.45, 2.75) is 39.2 Å². The fourth-order valence-electron chi connectivity index (χ4n) is 3.28. The first-order valence-corrected chi connectivity index (χ1v) is 11.6. The highest BCUT2D eigenvalue weighted by Crippen LogP contribution is 2.30. The molecule has 3 rings (SSSR count). The van der Waals surface area contributed by atoms with Crippen LogP contribution in [0.2, 0.25) is 0 Å². The first kappa shape index (κ1) is 20.4. The van der Waals surface area contributed by atoms with Gasteiger partial charge in [-0.05, 0) is 40.8 Å². The van der Waals surface area contributed by atoms with Gasteiger partial charge in [0.05, 0.1) is 12.4 Å². The van der Waals surface area contributed by atoms with Crippen LogP contribution >= 0.6 is 0 Å². The number of ether oxygens (including phenoxy) is 1. The number of sulfone groups is 1. The van der Waals surface area contributed by atoms with Crippen LogP contribution in [0.1, 0.15) is 37.3 Å². The van der Waals surface area contributed by atoms with Crippen LogP contribution in [-0.4, -0.2) is 32.4 Å². The van der Waals surface area contributed by atoms with Crippen molar-refractivity contribution in [2.24, 2.45) is 0 Å². The van der Waals surface area contributed by atoms with E-state index in [1.165, 1.54) is 5.56 Å².